The van der Waals surface area contributed by atoms with Crippen LogP contribution >= 0.6 is 15.9 Å². The van der Waals surface area contributed by atoms with E-state index in [-0.39, 0.29) is 0 Å². The van der Waals surface area contributed by atoms with Crippen molar-refractivity contribution in [2.75, 3.05) is 17.2 Å². The molecule has 0 amide bonds. The van der Waals surface area contributed by atoms with Gasteiger partial charge in [0, 0.05) is 12.6 Å². The molecule has 0 unspecified atom stereocenters. The maximum absolute atomic E-state index is 4.34. The molecule has 1 saturated carbocycles. The molecule has 0 saturated heterocycles. The van der Waals surface area contributed by atoms with Crippen molar-refractivity contribution in [3.05, 3.63) is 10.8 Å². The second kappa shape index (κ2) is 6.92. The lowest BCUT2D eigenvalue weighted by Gasteiger charge is -2.18. The van der Waals surface area contributed by atoms with E-state index in [1.54, 1.807) is 6.33 Å². The van der Waals surface area contributed by atoms with Crippen LogP contribution in [-0.2, 0) is 0 Å². The summed E-state index contributed by atoms with van der Waals surface area (Å²) in [6.45, 7) is 2.92. The number of anilines is 2. The minimum absolute atomic E-state index is 0.549. The number of nitrogens with zero attached hydrogens (tertiary/aromatic N) is 2. The van der Waals surface area contributed by atoms with Crippen LogP contribution in [0, 0.1) is 0 Å². The zero-order chi connectivity index (χ0) is 12.8. The Morgan fingerprint density at radius 3 is 2.50 bits per heavy atom. The van der Waals surface area contributed by atoms with Crippen LogP contribution < -0.4 is 10.6 Å². The molecule has 5 heteroatoms. The van der Waals surface area contributed by atoms with Crippen molar-refractivity contribution in [1.82, 2.24) is 9.97 Å². The van der Waals surface area contributed by atoms with E-state index in [0.29, 0.717) is 6.04 Å². The highest BCUT2D eigenvalue weighted by molar-refractivity contribution is 9.10. The molecule has 1 fully saturated rings. The fraction of sp³-hybridized carbons (Fsp3) is 0.692. The standard InChI is InChI=1S/C13H21BrN4/c1-2-15-12-11(14)13(17-9-16-12)18-10-7-5-3-4-6-8-10/h9-10H,2-8H2,1H3,(H2,15,16,17,18). The summed E-state index contributed by atoms with van der Waals surface area (Å²) in [5, 5.41) is 6.78. The summed E-state index contributed by atoms with van der Waals surface area (Å²) in [6.07, 6.45) is 9.47. The number of halogens is 1. The van der Waals surface area contributed by atoms with Gasteiger partial charge >= 0.3 is 0 Å². The van der Waals surface area contributed by atoms with Gasteiger partial charge in [-0.05, 0) is 35.7 Å². The molecular weight excluding hydrogens is 292 g/mol. The van der Waals surface area contributed by atoms with E-state index in [9.17, 15) is 0 Å². The number of nitrogens with one attached hydrogen (secondary N) is 2. The SMILES string of the molecule is CCNc1ncnc(NC2CCCCCC2)c1Br. The van der Waals surface area contributed by atoms with Crippen molar-refractivity contribution in [2.45, 2.75) is 51.5 Å². The number of rotatable bonds is 4. The van der Waals surface area contributed by atoms with Crippen LogP contribution in [0.25, 0.3) is 0 Å². The van der Waals surface area contributed by atoms with E-state index in [4.69, 9.17) is 0 Å². The average Bonchev–Trinajstić information content (AvgIpc) is 2.63. The Bertz CT molecular complexity index is 375. The highest BCUT2D eigenvalue weighted by Crippen LogP contribution is 2.29. The lowest BCUT2D eigenvalue weighted by atomic mass is 10.1. The van der Waals surface area contributed by atoms with Crippen molar-refractivity contribution >= 4 is 27.6 Å². The van der Waals surface area contributed by atoms with Crippen LogP contribution in [0.1, 0.15) is 45.4 Å². The van der Waals surface area contributed by atoms with Crippen molar-refractivity contribution in [2.24, 2.45) is 0 Å². The topological polar surface area (TPSA) is 49.8 Å². The third-order valence-corrected chi connectivity index (χ3v) is 4.08. The predicted molar refractivity (Wildman–Crippen MR) is 79.0 cm³/mol. The third kappa shape index (κ3) is 3.57. The molecule has 18 heavy (non-hydrogen) atoms. The molecule has 0 aromatic carbocycles. The molecule has 0 atom stereocenters. The van der Waals surface area contributed by atoms with Crippen LogP contribution in [0.15, 0.2) is 10.8 Å². The average molecular weight is 313 g/mol. The first-order valence-electron chi connectivity index (χ1n) is 6.82. The van der Waals surface area contributed by atoms with Gasteiger partial charge in [-0.25, -0.2) is 9.97 Å². The molecule has 2 N–H and O–H groups in total. The van der Waals surface area contributed by atoms with Gasteiger partial charge in [0.2, 0.25) is 0 Å². The van der Waals surface area contributed by atoms with Gasteiger partial charge in [0.05, 0.1) is 0 Å². The van der Waals surface area contributed by atoms with Crippen LogP contribution in [0.2, 0.25) is 0 Å². The van der Waals surface area contributed by atoms with Crippen molar-refractivity contribution in [3.63, 3.8) is 0 Å². The summed E-state index contributed by atoms with van der Waals surface area (Å²) in [6, 6.07) is 0.549. The molecule has 1 aliphatic carbocycles. The molecule has 0 bridgehead atoms. The fourth-order valence-corrected chi connectivity index (χ4v) is 2.84. The molecule has 1 aliphatic rings. The third-order valence-electron chi connectivity index (χ3n) is 3.33. The Morgan fingerprint density at radius 1 is 1.17 bits per heavy atom. The first-order chi connectivity index (χ1) is 8.81. The zero-order valence-electron chi connectivity index (χ0n) is 10.9. The van der Waals surface area contributed by atoms with E-state index in [2.05, 4.69) is 43.5 Å². The van der Waals surface area contributed by atoms with Gasteiger partial charge in [-0.15, -0.1) is 0 Å². The second-order valence-electron chi connectivity index (χ2n) is 4.75. The molecule has 1 aromatic heterocycles. The van der Waals surface area contributed by atoms with Crippen LogP contribution in [0.4, 0.5) is 11.6 Å². The molecule has 0 aliphatic heterocycles. The van der Waals surface area contributed by atoms with Gasteiger partial charge in [0.15, 0.2) is 0 Å². The van der Waals surface area contributed by atoms with Gasteiger partial charge in [0.1, 0.15) is 22.4 Å². The summed E-state index contributed by atoms with van der Waals surface area (Å²) in [5.41, 5.74) is 0. The summed E-state index contributed by atoms with van der Waals surface area (Å²) < 4.78 is 0.941. The van der Waals surface area contributed by atoms with Crippen molar-refractivity contribution < 1.29 is 0 Å². The lowest BCUT2D eigenvalue weighted by molar-refractivity contribution is 0.617. The molecule has 2 rings (SSSR count). The highest BCUT2D eigenvalue weighted by Gasteiger charge is 2.15. The first kappa shape index (κ1) is 13.6. The molecule has 0 spiro atoms. The molecular formula is C13H21BrN4. The van der Waals surface area contributed by atoms with Crippen LogP contribution in [-0.4, -0.2) is 22.6 Å². The van der Waals surface area contributed by atoms with Gasteiger partial charge in [-0.1, -0.05) is 25.7 Å². The normalized spacial score (nSPS) is 17.2. The van der Waals surface area contributed by atoms with Gasteiger partial charge in [-0.3, -0.25) is 0 Å². The number of hydrogen-bond donors (Lipinski definition) is 2. The summed E-state index contributed by atoms with van der Waals surface area (Å²) >= 11 is 3.58. The molecule has 4 nitrogen and oxygen atoms in total. The summed E-state index contributed by atoms with van der Waals surface area (Å²) in [5.74, 6) is 1.77. The van der Waals surface area contributed by atoms with Crippen molar-refractivity contribution in [3.8, 4) is 0 Å². The van der Waals surface area contributed by atoms with Crippen LogP contribution in [0.3, 0.4) is 0 Å². The van der Waals surface area contributed by atoms with E-state index in [1.165, 1.54) is 38.5 Å². The smallest absolute Gasteiger partial charge is 0.146 e. The Kier molecular flexibility index (Phi) is 5.23. The number of hydrogen-bond acceptors (Lipinski definition) is 4. The minimum Gasteiger partial charge on any atom is -0.369 e. The van der Waals surface area contributed by atoms with Crippen molar-refractivity contribution in [1.29, 1.82) is 0 Å². The van der Waals surface area contributed by atoms with Gasteiger partial charge in [-0.2, -0.15) is 0 Å². The molecule has 1 aromatic rings. The second-order valence-corrected chi connectivity index (χ2v) is 5.54. The number of aromatic nitrogens is 2. The largest absolute Gasteiger partial charge is 0.369 e. The predicted octanol–water partition coefficient (Wildman–Crippen LogP) is 3.81. The van der Waals surface area contributed by atoms with E-state index < -0.39 is 0 Å². The molecule has 100 valence electrons. The van der Waals surface area contributed by atoms with E-state index in [1.807, 2.05) is 0 Å². The fourth-order valence-electron chi connectivity index (χ4n) is 2.38. The first-order valence-corrected chi connectivity index (χ1v) is 7.61. The Morgan fingerprint density at radius 2 is 1.83 bits per heavy atom. The molecule has 1 heterocycles. The van der Waals surface area contributed by atoms with Gasteiger partial charge in [0.25, 0.3) is 0 Å². The maximum Gasteiger partial charge on any atom is 0.146 e. The quantitative estimate of drug-likeness (QED) is 0.830. The van der Waals surface area contributed by atoms with E-state index >= 15 is 0 Å². The zero-order valence-corrected chi connectivity index (χ0v) is 12.5. The molecule has 0 radical (unpaired) electrons. The Hall–Kier alpha value is -0.840. The minimum atomic E-state index is 0.549. The summed E-state index contributed by atoms with van der Waals surface area (Å²) in [7, 11) is 0. The van der Waals surface area contributed by atoms with Gasteiger partial charge < -0.3 is 10.6 Å². The summed E-state index contributed by atoms with van der Waals surface area (Å²) in [4.78, 5) is 8.57. The monoisotopic (exact) mass is 312 g/mol. The van der Waals surface area contributed by atoms with Crippen LogP contribution in [0.5, 0.6) is 0 Å². The Balaban J connectivity index is 2.05. The Labute approximate surface area is 117 Å². The maximum atomic E-state index is 4.34. The highest BCUT2D eigenvalue weighted by atomic mass is 79.9. The van der Waals surface area contributed by atoms with E-state index in [0.717, 1.165) is 22.7 Å². The lowest BCUT2D eigenvalue weighted by Crippen LogP contribution is -2.19.